The molecule has 1 saturated heterocycles. The zero-order chi connectivity index (χ0) is 21.8. The third-order valence-corrected chi connectivity index (χ3v) is 7.12. The first-order valence-electron chi connectivity index (χ1n) is 11.8. The first kappa shape index (κ1) is 21.8. The standard InChI is InChI=1S/C24H34N4O3/c1-2-11-25-23(30)20-16-28(19-9-5-6-10-19)17-21(22(20)29)24(31)27-14-12-26(13-15-27)18-7-3-4-8-18/h2,16-19H,1,3-15H2,(H,25,30). The Hall–Kier alpha value is -2.41. The lowest BCUT2D eigenvalue weighted by Gasteiger charge is -2.38. The molecular formula is C24H34N4O3. The molecule has 2 saturated carbocycles. The Morgan fingerprint density at radius 3 is 2.13 bits per heavy atom. The average Bonchev–Trinajstić information content (AvgIpc) is 3.52. The Morgan fingerprint density at radius 2 is 1.52 bits per heavy atom. The molecule has 0 aromatic carbocycles. The fourth-order valence-electron chi connectivity index (χ4n) is 5.32. The summed E-state index contributed by atoms with van der Waals surface area (Å²) in [4.78, 5) is 43.4. The molecule has 7 heteroatoms. The summed E-state index contributed by atoms with van der Waals surface area (Å²) in [5.74, 6) is -0.696. The predicted molar refractivity (Wildman–Crippen MR) is 120 cm³/mol. The van der Waals surface area contributed by atoms with Crippen molar-refractivity contribution in [2.24, 2.45) is 0 Å². The number of rotatable bonds is 6. The molecule has 2 heterocycles. The van der Waals surface area contributed by atoms with Crippen LogP contribution in [0.15, 0.2) is 29.8 Å². The van der Waals surface area contributed by atoms with Crippen molar-refractivity contribution in [3.8, 4) is 0 Å². The Labute approximate surface area is 184 Å². The number of aromatic nitrogens is 1. The van der Waals surface area contributed by atoms with Crippen molar-refractivity contribution in [2.45, 2.75) is 63.5 Å². The lowest BCUT2D eigenvalue weighted by atomic mass is 10.1. The van der Waals surface area contributed by atoms with Crippen LogP contribution in [0.3, 0.4) is 0 Å². The van der Waals surface area contributed by atoms with E-state index >= 15 is 0 Å². The Balaban J connectivity index is 1.56. The highest BCUT2D eigenvalue weighted by Crippen LogP contribution is 2.29. The highest BCUT2D eigenvalue weighted by Gasteiger charge is 2.30. The lowest BCUT2D eigenvalue weighted by molar-refractivity contribution is 0.0571. The van der Waals surface area contributed by atoms with Crippen molar-refractivity contribution in [1.82, 2.24) is 19.7 Å². The van der Waals surface area contributed by atoms with Gasteiger partial charge in [0, 0.05) is 57.2 Å². The van der Waals surface area contributed by atoms with Crippen LogP contribution in [0.5, 0.6) is 0 Å². The third kappa shape index (κ3) is 4.76. The van der Waals surface area contributed by atoms with E-state index in [0.717, 1.165) is 38.8 Å². The highest BCUT2D eigenvalue weighted by atomic mass is 16.2. The van der Waals surface area contributed by atoms with Gasteiger partial charge in [-0.2, -0.15) is 0 Å². The summed E-state index contributed by atoms with van der Waals surface area (Å²) in [5, 5.41) is 2.69. The van der Waals surface area contributed by atoms with E-state index in [-0.39, 0.29) is 29.6 Å². The van der Waals surface area contributed by atoms with Crippen molar-refractivity contribution in [1.29, 1.82) is 0 Å². The summed E-state index contributed by atoms with van der Waals surface area (Å²) < 4.78 is 1.93. The van der Waals surface area contributed by atoms with Gasteiger partial charge in [-0.05, 0) is 25.7 Å². The Kier molecular flexibility index (Phi) is 6.90. The van der Waals surface area contributed by atoms with Gasteiger partial charge in [0.2, 0.25) is 5.43 Å². The molecule has 1 aromatic rings. The maximum atomic E-state index is 13.4. The summed E-state index contributed by atoms with van der Waals surface area (Å²) in [6.07, 6.45) is 14.3. The molecule has 2 aliphatic carbocycles. The van der Waals surface area contributed by atoms with Gasteiger partial charge in [-0.3, -0.25) is 19.3 Å². The SMILES string of the molecule is C=CCNC(=O)c1cn(C2CCCC2)cc(C(=O)N2CCN(C3CCCC3)CC2)c1=O. The largest absolute Gasteiger partial charge is 0.349 e. The molecule has 3 fully saturated rings. The van der Waals surface area contributed by atoms with E-state index in [1.807, 2.05) is 4.57 Å². The molecule has 1 aromatic heterocycles. The van der Waals surface area contributed by atoms with Gasteiger partial charge in [0.05, 0.1) is 0 Å². The second kappa shape index (κ2) is 9.81. The smallest absolute Gasteiger partial charge is 0.259 e. The second-order valence-corrected chi connectivity index (χ2v) is 9.07. The van der Waals surface area contributed by atoms with Gasteiger partial charge in [-0.15, -0.1) is 6.58 Å². The summed E-state index contributed by atoms with van der Waals surface area (Å²) in [6, 6.07) is 0.881. The number of hydrogen-bond acceptors (Lipinski definition) is 4. The first-order chi connectivity index (χ1) is 15.1. The molecule has 7 nitrogen and oxygen atoms in total. The maximum absolute atomic E-state index is 13.4. The van der Waals surface area contributed by atoms with Crippen molar-refractivity contribution in [3.63, 3.8) is 0 Å². The minimum atomic E-state index is -0.473. The number of carbonyl (C=O) groups excluding carboxylic acids is 2. The Morgan fingerprint density at radius 1 is 0.935 bits per heavy atom. The molecule has 0 atom stereocenters. The van der Waals surface area contributed by atoms with Crippen LogP contribution in [0.1, 0.15) is 78.1 Å². The molecule has 2 amide bonds. The number of carbonyl (C=O) groups is 2. The van der Waals surface area contributed by atoms with E-state index in [1.54, 1.807) is 23.4 Å². The zero-order valence-corrected chi connectivity index (χ0v) is 18.4. The average molecular weight is 427 g/mol. The summed E-state index contributed by atoms with van der Waals surface area (Å²) in [5.41, 5.74) is -0.310. The van der Waals surface area contributed by atoms with Crippen LogP contribution >= 0.6 is 0 Å². The van der Waals surface area contributed by atoms with Crippen LogP contribution in [0.4, 0.5) is 0 Å². The molecule has 168 valence electrons. The van der Waals surface area contributed by atoms with Gasteiger partial charge in [0.15, 0.2) is 0 Å². The number of hydrogen-bond donors (Lipinski definition) is 1. The number of piperazine rings is 1. The normalized spacial score (nSPS) is 20.8. The fraction of sp³-hybridized carbons (Fsp3) is 0.625. The van der Waals surface area contributed by atoms with Crippen LogP contribution in [0.25, 0.3) is 0 Å². The Bertz CT molecular complexity index is 873. The van der Waals surface area contributed by atoms with Crippen LogP contribution < -0.4 is 10.7 Å². The number of nitrogens with zero attached hydrogens (tertiary/aromatic N) is 3. The van der Waals surface area contributed by atoms with Gasteiger partial charge < -0.3 is 14.8 Å². The van der Waals surface area contributed by atoms with Crippen LogP contribution in [-0.4, -0.2) is 64.9 Å². The molecule has 0 unspecified atom stereocenters. The molecule has 0 spiro atoms. The van der Waals surface area contributed by atoms with Gasteiger partial charge in [0.1, 0.15) is 11.1 Å². The topological polar surface area (TPSA) is 74.7 Å². The molecule has 0 bridgehead atoms. The molecular weight excluding hydrogens is 392 g/mol. The molecule has 1 aliphatic heterocycles. The van der Waals surface area contributed by atoms with E-state index < -0.39 is 11.3 Å². The van der Waals surface area contributed by atoms with Gasteiger partial charge >= 0.3 is 0 Å². The summed E-state index contributed by atoms with van der Waals surface area (Å²) in [7, 11) is 0. The highest BCUT2D eigenvalue weighted by molar-refractivity contribution is 5.99. The number of nitrogens with one attached hydrogen (secondary N) is 1. The molecule has 1 N–H and O–H groups in total. The van der Waals surface area contributed by atoms with Gasteiger partial charge in [-0.1, -0.05) is 31.8 Å². The van der Waals surface area contributed by atoms with Gasteiger partial charge in [-0.25, -0.2) is 0 Å². The molecule has 31 heavy (non-hydrogen) atoms. The van der Waals surface area contributed by atoms with E-state index in [2.05, 4.69) is 16.8 Å². The zero-order valence-electron chi connectivity index (χ0n) is 18.4. The molecule has 3 aliphatic rings. The van der Waals surface area contributed by atoms with E-state index in [4.69, 9.17) is 0 Å². The van der Waals surface area contributed by atoms with Crippen molar-refractivity contribution in [3.05, 3.63) is 46.4 Å². The van der Waals surface area contributed by atoms with Crippen LogP contribution in [-0.2, 0) is 0 Å². The van der Waals surface area contributed by atoms with E-state index in [1.165, 1.54) is 25.7 Å². The van der Waals surface area contributed by atoms with Crippen molar-refractivity contribution >= 4 is 11.8 Å². The first-order valence-corrected chi connectivity index (χ1v) is 11.8. The van der Waals surface area contributed by atoms with Crippen LogP contribution in [0, 0.1) is 0 Å². The van der Waals surface area contributed by atoms with Crippen molar-refractivity contribution in [2.75, 3.05) is 32.7 Å². The lowest BCUT2D eigenvalue weighted by Crippen LogP contribution is -2.52. The minimum absolute atomic E-state index is 0.0455. The second-order valence-electron chi connectivity index (χ2n) is 9.07. The van der Waals surface area contributed by atoms with Crippen LogP contribution in [0.2, 0.25) is 0 Å². The quantitative estimate of drug-likeness (QED) is 0.710. The minimum Gasteiger partial charge on any atom is -0.349 e. The van der Waals surface area contributed by atoms with Crippen molar-refractivity contribution < 1.29 is 9.59 Å². The third-order valence-electron chi connectivity index (χ3n) is 7.12. The summed E-state index contributed by atoms with van der Waals surface area (Å²) in [6.45, 7) is 6.86. The number of amides is 2. The monoisotopic (exact) mass is 426 g/mol. The van der Waals surface area contributed by atoms with E-state index in [0.29, 0.717) is 19.1 Å². The van der Waals surface area contributed by atoms with Gasteiger partial charge in [0.25, 0.3) is 11.8 Å². The number of pyridine rings is 1. The maximum Gasteiger partial charge on any atom is 0.259 e. The molecule has 0 radical (unpaired) electrons. The van der Waals surface area contributed by atoms with E-state index in [9.17, 15) is 14.4 Å². The molecule has 4 rings (SSSR count). The fourth-order valence-corrected chi connectivity index (χ4v) is 5.32. The summed E-state index contributed by atoms with van der Waals surface area (Å²) >= 11 is 0. The predicted octanol–water partition coefficient (Wildman–Crippen LogP) is 2.58.